The molecule has 2 bridgehead atoms. The molecule has 0 aromatic heterocycles. The SMILES string of the molecule is O=C1CC2CNCC1C2. The molecule has 1 saturated heterocycles. The smallest absolute Gasteiger partial charge is 0.137 e. The Morgan fingerprint density at radius 1 is 1.44 bits per heavy atom. The third kappa shape index (κ3) is 0.778. The number of hydrogen-bond donors (Lipinski definition) is 1. The molecule has 2 atom stereocenters. The Bertz CT molecular complexity index is 144. The van der Waals surface area contributed by atoms with Crippen molar-refractivity contribution >= 4 is 5.78 Å². The first kappa shape index (κ1) is 5.42. The lowest BCUT2D eigenvalue weighted by molar-refractivity contribution is -0.120. The predicted molar refractivity (Wildman–Crippen MR) is 34.1 cm³/mol. The van der Waals surface area contributed by atoms with E-state index in [1.54, 1.807) is 0 Å². The van der Waals surface area contributed by atoms with Gasteiger partial charge in [0.1, 0.15) is 5.78 Å². The number of ketones is 1. The van der Waals surface area contributed by atoms with Gasteiger partial charge >= 0.3 is 0 Å². The molecule has 1 saturated carbocycles. The van der Waals surface area contributed by atoms with E-state index in [9.17, 15) is 4.79 Å². The highest BCUT2D eigenvalue weighted by Gasteiger charge is 2.34. The van der Waals surface area contributed by atoms with Gasteiger partial charge in [0.05, 0.1) is 0 Å². The van der Waals surface area contributed by atoms with Gasteiger partial charge in [-0.15, -0.1) is 0 Å². The molecule has 1 N–H and O–H groups in total. The van der Waals surface area contributed by atoms with Gasteiger partial charge in [0, 0.05) is 18.9 Å². The normalized spacial score (nSPS) is 41.6. The molecular weight excluding hydrogens is 114 g/mol. The van der Waals surface area contributed by atoms with Crippen LogP contribution in [0.2, 0.25) is 0 Å². The second kappa shape index (κ2) is 1.81. The number of Topliss-reactive ketones (excluding diaryl/α,β-unsaturated/α-hetero) is 1. The molecule has 2 fully saturated rings. The van der Waals surface area contributed by atoms with Crippen LogP contribution < -0.4 is 5.32 Å². The zero-order chi connectivity index (χ0) is 6.27. The van der Waals surface area contributed by atoms with E-state index in [0.29, 0.717) is 17.6 Å². The maximum absolute atomic E-state index is 11.0. The summed E-state index contributed by atoms with van der Waals surface area (Å²) < 4.78 is 0. The quantitative estimate of drug-likeness (QED) is 0.500. The van der Waals surface area contributed by atoms with Gasteiger partial charge in [-0.3, -0.25) is 4.79 Å². The first-order chi connectivity index (χ1) is 4.36. The Labute approximate surface area is 54.6 Å². The fraction of sp³-hybridized carbons (Fsp3) is 0.857. The zero-order valence-corrected chi connectivity index (χ0v) is 5.39. The highest BCUT2D eigenvalue weighted by molar-refractivity contribution is 5.83. The van der Waals surface area contributed by atoms with E-state index in [2.05, 4.69) is 5.32 Å². The summed E-state index contributed by atoms with van der Waals surface area (Å²) in [6.07, 6.45) is 2.00. The zero-order valence-electron chi connectivity index (χ0n) is 5.39. The fourth-order valence-corrected chi connectivity index (χ4v) is 1.88. The Hall–Kier alpha value is -0.370. The first-order valence-electron chi connectivity index (χ1n) is 3.59. The minimum absolute atomic E-state index is 0.378. The molecule has 1 heterocycles. The standard InChI is InChI=1S/C7H11NO/c9-7-2-5-1-6(7)4-8-3-5/h5-6,8H,1-4H2. The van der Waals surface area contributed by atoms with Crippen molar-refractivity contribution in [2.75, 3.05) is 13.1 Å². The summed E-state index contributed by atoms with van der Waals surface area (Å²) >= 11 is 0. The van der Waals surface area contributed by atoms with Gasteiger partial charge in [-0.25, -0.2) is 0 Å². The molecule has 2 unspecified atom stereocenters. The average molecular weight is 125 g/mol. The van der Waals surface area contributed by atoms with Gasteiger partial charge in [0.2, 0.25) is 0 Å². The lowest BCUT2D eigenvalue weighted by Gasteiger charge is -2.17. The van der Waals surface area contributed by atoms with Crippen LogP contribution in [-0.2, 0) is 4.79 Å². The maximum atomic E-state index is 11.0. The largest absolute Gasteiger partial charge is 0.316 e. The van der Waals surface area contributed by atoms with E-state index >= 15 is 0 Å². The molecule has 0 spiro atoms. The van der Waals surface area contributed by atoms with Crippen molar-refractivity contribution in [3.63, 3.8) is 0 Å². The van der Waals surface area contributed by atoms with E-state index < -0.39 is 0 Å². The molecule has 0 aromatic carbocycles. The number of hydrogen-bond acceptors (Lipinski definition) is 2. The van der Waals surface area contributed by atoms with Crippen LogP contribution in [-0.4, -0.2) is 18.9 Å². The molecule has 50 valence electrons. The van der Waals surface area contributed by atoms with Crippen molar-refractivity contribution in [2.45, 2.75) is 12.8 Å². The minimum Gasteiger partial charge on any atom is -0.316 e. The lowest BCUT2D eigenvalue weighted by atomic mass is 10.0. The lowest BCUT2D eigenvalue weighted by Crippen LogP contribution is -2.31. The van der Waals surface area contributed by atoms with Gasteiger partial charge in [0.15, 0.2) is 0 Å². The molecule has 2 aliphatic rings. The number of carbonyl (C=O) groups is 1. The number of carbonyl (C=O) groups excluding carboxylic acids is 1. The predicted octanol–water partition coefficient (Wildman–Crippen LogP) is 0.185. The Balaban J connectivity index is 2.15. The van der Waals surface area contributed by atoms with Crippen molar-refractivity contribution in [1.82, 2.24) is 5.32 Å². The highest BCUT2D eigenvalue weighted by Crippen LogP contribution is 2.29. The van der Waals surface area contributed by atoms with Crippen LogP contribution in [0.15, 0.2) is 0 Å². The van der Waals surface area contributed by atoms with Gasteiger partial charge in [-0.2, -0.15) is 0 Å². The summed E-state index contributed by atoms with van der Waals surface area (Å²) in [5.41, 5.74) is 0. The summed E-state index contributed by atoms with van der Waals surface area (Å²) in [6.45, 7) is 2.01. The summed E-state index contributed by atoms with van der Waals surface area (Å²) in [4.78, 5) is 11.0. The minimum atomic E-state index is 0.378. The van der Waals surface area contributed by atoms with Crippen LogP contribution in [0, 0.1) is 11.8 Å². The van der Waals surface area contributed by atoms with E-state index in [0.717, 1.165) is 25.9 Å². The van der Waals surface area contributed by atoms with Crippen molar-refractivity contribution < 1.29 is 4.79 Å². The summed E-state index contributed by atoms with van der Waals surface area (Å²) in [5, 5.41) is 3.26. The number of nitrogens with one attached hydrogen (secondary N) is 1. The maximum Gasteiger partial charge on any atom is 0.137 e. The highest BCUT2D eigenvalue weighted by atomic mass is 16.1. The molecule has 2 heteroatoms. The van der Waals surface area contributed by atoms with E-state index in [1.165, 1.54) is 0 Å². The van der Waals surface area contributed by atoms with Gasteiger partial charge in [-0.05, 0) is 18.9 Å². The second-order valence-corrected chi connectivity index (χ2v) is 3.13. The van der Waals surface area contributed by atoms with E-state index in [1.807, 2.05) is 0 Å². The number of rotatable bonds is 0. The molecule has 0 radical (unpaired) electrons. The van der Waals surface area contributed by atoms with Crippen LogP contribution in [0.1, 0.15) is 12.8 Å². The summed E-state index contributed by atoms with van der Waals surface area (Å²) in [6, 6.07) is 0. The topological polar surface area (TPSA) is 29.1 Å². The van der Waals surface area contributed by atoms with Gasteiger partial charge < -0.3 is 5.32 Å². The van der Waals surface area contributed by atoms with Gasteiger partial charge in [0.25, 0.3) is 0 Å². The van der Waals surface area contributed by atoms with E-state index in [-0.39, 0.29) is 0 Å². The molecule has 1 aliphatic heterocycles. The Kier molecular flexibility index (Phi) is 1.09. The second-order valence-electron chi connectivity index (χ2n) is 3.13. The van der Waals surface area contributed by atoms with Crippen LogP contribution >= 0.6 is 0 Å². The summed E-state index contributed by atoms with van der Waals surface area (Å²) in [7, 11) is 0. The number of fused-ring (bicyclic) bond motifs is 2. The van der Waals surface area contributed by atoms with Crippen molar-refractivity contribution in [2.24, 2.45) is 11.8 Å². The van der Waals surface area contributed by atoms with Gasteiger partial charge in [-0.1, -0.05) is 0 Å². The van der Waals surface area contributed by atoms with Crippen molar-refractivity contribution in [3.8, 4) is 0 Å². The first-order valence-corrected chi connectivity index (χ1v) is 3.59. The number of piperidine rings is 1. The Morgan fingerprint density at radius 2 is 2.33 bits per heavy atom. The molecule has 2 nitrogen and oxygen atoms in total. The monoisotopic (exact) mass is 125 g/mol. The summed E-state index contributed by atoms with van der Waals surface area (Å²) in [5.74, 6) is 1.55. The fourth-order valence-electron chi connectivity index (χ4n) is 1.88. The van der Waals surface area contributed by atoms with Crippen LogP contribution in [0.5, 0.6) is 0 Å². The van der Waals surface area contributed by atoms with Crippen LogP contribution in [0.4, 0.5) is 0 Å². The molecule has 9 heavy (non-hydrogen) atoms. The third-order valence-corrected chi connectivity index (χ3v) is 2.39. The van der Waals surface area contributed by atoms with Crippen molar-refractivity contribution in [3.05, 3.63) is 0 Å². The molecular formula is C7H11NO. The average Bonchev–Trinajstić information content (AvgIpc) is 2.09. The third-order valence-electron chi connectivity index (χ3n) is 2.39. The molecule has 1 aliphatic carbocycles. The van der Waals surface area contributed by atoms with Crippen molar-refractivity contribution in [1.29, 1.82) is 0 Å². The van der Waals surface area contributed by atoms with Crippen LogP contribution in [0.3, 0.4) is 0 Å². The molecule has 0 aromatic rings. The van der Waals surface area contributed by atoms with Crippen LogP contribution in [0.25, 0.3) is 0 Å². The molecule has 2 rings (SSSR count). The molecule has 0 amide bonds. The Morgan fingerprint density at radius 3 is 3.00 bits per heavy atom. The van der Waals surface area contributed by atoms with E-state index in [4.69, 9.17) is 0 Å².